The Morgan fingerprint density at radius 3 is 2.50 bits per heavy atom. The molecule has 0 saturated carbocycles. The van der Waals surface area contributed by atoms with Crippen LogP contribution in [0, 0.1) is 0 Å². The van der Waals surface area contributed by atoms with Crippen molar-refractivity contribution in [2.75, 3.05) is 6.54 Å². The highest BCUT2D eigenvalue weighted by atomic mass is 32.2. The number of benzene rings is 1. The first-order chi connectivity index (χ1) is 8.43. The molecule has 0 bridgehead atoms. The van der Waals surface area contributed by atoms with E-state index in [9.17, 15) is 13.2 Å². The zero-order valence-electron chi connectivity index (χ0n) is 9.61. The van der Waals surface area contributed by atoms with Crippen molar-refractivity contribution in [2.24, 2.45) is 5.73 Å². The van der Waals surface area contributed by atoms with Gasteiger partial charge in [-0.15, -0.1) is 0 Å². The number of aromatic hydroxyl groups is 1. The normalized spacial score (nSPS) is 21.0. The molecule has 6 nitrogen and oxygen atoms in total. The van der Waals surface area contributed by atoms with E-state index in [1.807, 2.05) is 0 Å². The number of hydrogen-bond donors (Lipinski definition) is 2. The topological polar surface area (TPSA) is 101 Å². The molecule has 1 heterocycles. The molecule has 1 amide bonds. The van der Waals surface area contributed by atoms with Crippen molar-refractivity contribution in [3.8, 4) is 5.75 Å². The summed E-state index contributed by atoms with van der Waals surface area (Å²) in [5, 5.41) is 9.15. The Hall–Kier alpha value is -1.60. The third-order valence-corrected chi connectivity index (χ3v) is 4.90. The fourth-order valence-corrected chi connectivity index (χ4v) is 3.73. The van der Waals surface area contributed by atoms with E-state index in [0.717, 1.165) is 4.31 Å². The molecule has 0 aliphatic carbocycles. The molecule has 1 saturated heterocycles. The van der Waals surface area contributed by atoms with Crippen LogP contribution in [-0.2, 0) is 14.8 Å². The SMILES string of the molecule is NC(=O)C1CCCN1S(=O)(=O)c1ccc(O)cc1. The molecule has 1 unspecified atom stereocenters. The van der Waals surface area contributed by atoms with Gasteiger partial charge in [-0.2, -0.15) is 4.31 Å². The minimum absolute atomic E-state index is 0.0122. The largest absolute Gasteiger partial charge is 0.508 e. The van der Waals surface area contributed by atoms with Gasteiger partial charge in [-0.05, 0) is 37.1 Å². The Labute approximate surface area is 105 Å². The highest BCUT2D eigenvalue weighted by Gasteiger charge is 2.38. The molecule has 1 fully saturated rings. The lowest BCUT2D eigenvalue weighted by atomic mass is 10.2. The highest BCUT2D eigenvalue weighted by Crippen LogP contribution is 2.26. The van der Waals surface area contributed by atoms with Gasteiger partial charge in [-0.25, -0.2) is 8.42 Å². The van der Waals surface area contributed by atoms with Crippen LogP contribution in [0.5, 0.6) is 5.75 Å². The van der Waals surface area contributed by atoms with Crippen LogP contribution in [0.2, 0.25) is 0 Å². The Balaban J connectivity index is 2.36. The predicted octanol–water partition coefficient (Wildman–Crippen LogP) is 0.0306. The maximum atomic E-state index is 12.3. The van der Waals surface area contributed by atoms with Gasteiger partial charge in [-0.1, -0.05) is 0 Å². The molecule has 1 aromatic carbocycles. The Bertz CT molecular complexity index is 553. The van der Waals surface area contributed by atoms with Crippen molar-refractivity contribution >= 4 is 15.9 Å². The number of sulfonamides is 1. The van der Waals surface area contributed by atoms with Crippen LogP contribution in [0.1, 0.15) is 12.8 Å². The van der Waals surface area contributed by atoms with Crippen molar-refractivity contribution in [3.05, 3.63) is 24.3 Å². The number of amides is 1. The van der Waals surface area contributed by atoms with Crippen LogP contribution in [0.15, 0.2) is 29.2 Å². The average Bonchev–Trinajstić information content (AvgIpc) is 2.79. The first kappa shape index (κ1) is 12.8. The molecule has 7 heteroatoms. The number of phenols is 1. The van der Waals surface area contributed by atoms with Crippen molar-refractivity contribution in [1.29, 1.82) is 0 Å². The smallest absolute Gasteiger partial charge is 0.243 e. The molecular weight excluding hydrogens is 256 g/mol. The van der Waals surface area contributed by atoms with E-state index in [1.54, 1.807) is 0 Å². The van der Waals surface area contributed by atoms with Crippen LogP contribution in [0.4, 0.5) is 0 Å². The summed E-state index contributed by atoms with van der Waals surface area (Å²) < 4.78 is 25.7. The van der Waals surface area contributed by atoms with Crippen LogP contribution < -0.4 is 5.73 Å². The molecule has 1 aliphatic heterocycles. The lowest BCUT2D eigenvalue weighted by Crippen LogP contribution is -2.43. The van der Waals surface area contributed by atoms with Gasteiger partial charge in [0.05, 0.1) is 4.90 Å². The first-order valence-electron chi connectivity index (χ1n) is 5.53. The maximum Gasteiger partial charge on any atom is 0.243 e. The molecule has 1 aliphatic rings. The maximum absolute atomic E-state index is 12.3. The third-order valence-electron chi connectivity index (χ3n) is 2.98. The second-order valence-corrected chi connectivity index (χ2v) is 6.06. The number of carbonyl (C=O) groups is 1. The zero-order valence-corrected chi connectivity index (χ0v) is 10.4. The van der Waals surface area contributed by atoms with Crippen molar-refractivity contribution < 1.29 is 18.3 Å². The minimum Gasteiger partial charge on any atom is -0.508 e. The van der Waals surface area contributed by atoms with Gasteiger partial charge < -0.3 is 10.8 Å². The second kappa shape index (κ2) is 4.58. The first-order valence-corrected chi connectivity index (χ1v) is 6.97. The standard InChI is InChI=1S/C11H14N2O4S/c12-11(15)10-2-1-7-13(10)18(16,17)9-5-3-8(14)4-6-9/h3-6,10,14H,1-2,7H2,(H2,12,15). The van der Waals surface area contributed by atoms with Gasteiger partial charge in [0.1, 0.15) is 11.8 Å². The van der Waals surface area contributed by atoms with E-state index in [2.05, 4.69) is 0 Å². The Kier molecular flexibility index (Phi) is 3.27. The van der Waals surface area contributed by atoms with E-state index >= 15 is 0 Å². The summed E-state index contributed by atoms with van der Waals surface area (Å²) in [4.78, 5) is 11.3. The molecule has 0 radical (unpaired) electrons. The number of nitrogens with two attached hydrogens (primary N) is 1. The summed E-state index contributed by atoms with van der Waals surface area (Å²) in [6.45, 7) is 0.289. The zero-order chi connectivity index (χ0) is 13.3. The molecule has 98 valence electrons. The van der Waals surface area contributed by atoms with E-state index in [4.69, 9.17) is 10.8 Å². The molecule has 1 aromatic rings. The Morgan fingerprint density at radius 2 is 1.94 bits per heavy atom. The van der Waals surface area contributed by atoms with Crippen LogP contribution >= 0.6 is 0 Å². The molecule has 18 heavy (non-hydrogen) atoms. The van der Waals surface area contributed by atoms with Gasteiger partial charge >= 0.3 is 0 Å². The fourth-order valence-electron chi connectivity index (χ4n) is 2.07. The van der Waals surface area contributed by atoms with E-state index in [0.29, 0.717) is 12.8 Å². The summed E-state index contributed by atoms with van der Waals surface area (Å²) in [5.41, 5.74) is 5.20. The summed E-state index contributed by atoms with van der Waals surface area (Å²) in [5.74, 6) is -0.642. The molecule has 1 atom stereocenters. The molecule has 3 N–H and O–H groups in total. The van der Waals surface area contributed by atoms with Gasteiger partial charge in [0, 0.05) is 6.54 Å². The summed E-state index contributed by atoms with van der Waals surface area (Å²) in [7, 11) is -3.73. The van der Waals surface area contributed by atoms with Crippen LogP contribution in [0.3, 0.4) is 0 Å². The van der Waals surface area contributed by atoms with Crippen molar-refractivity contribution in [2.45, 2.75) is 23.8 Å². The molecule has 2 rings (SSSR count). The second-order valence-electron chi connectivity index (χ2n) is 4.17. The minimum atomic E-state index is -3.73. The Morgan fingerprint density at radius 1 is 1.33 bits per heavy atom. The summed E-state index contributed by atoms with van der Waals surface area (Å²) in [6.07, 6.45) is 1.07. The number of hydrogen-bond acceptors (Lipinski definition) is 4. The molecule has 0 spiro atoms. The van der Waals surface area contributed by atoms with Gasteiger partial charge in [-0.3, -0.25) is 4.79 Å². The van der Waals surface area contributed by atoms with Gasteiger partial charge in [0.25, 0.3) is 0 Å². The lowest BCUT2D eigenvalue weighted by molar-refractivity contribution is -0.121. The number of rotatable bonds is 3. The van der Waals surface area contributed by atoms with E-state index < -0.39 is 22.0 Å². The number of carbonyl (C=O) groups excluding carboxylic acids is 1. The average molecular weight is 270 g/mol. The quantitative estimate of drug-likeness (QED) is 0.809. The van der Waals surface area contributed by atoms with Gasteiger partial charge in [0.2, 0.25) is 15.9 Å². The van der Waals surface area contributed by atoms with E-state index in [1.165, 1.54) is 24.3 Å². The lowest BCUT2D eigenvalue weighted by Gasteiger charge is -2.21. The van der Waals surface area contributed by atoms with Crippen molar-refractivity contribution in [3.63, 3.8) is 0 Å². The summed E-state index contributed by atoms with van der Waals surface area (Å²) >= 11 is 0. The monoisotopic (exact) mass is 270 g/mol. The number of phenolic OH excluding ortho intramolecular Hbond substituents is 1. The number of nitrogens with zero attached hydrogens (tertiary/aromatic N) is 1. The molecular formula is C11H14N2O4S. The number of primary amides is 1. The summed E-state index contributed by atoms with van der Waals surface area (Å²) in [6, 6.07) is 4.43. The van der Waals surface area contributed by atoms with Crippen LogP contribution in [0.25, 0.3) is 0 Å². The predicted molar refractivity (Wildman–Crippen MR) is 64.2 cm³/mol. The fraction of sp³-hybridized carbons (Fsp3) is 0.364. The molecule has 0 aromatic heterocycles. The van der Waals surface area contributed by atoms with E-state index in [-0.39, 0.29) is 17.2 Å². The highest BCUT2D eigenvalue weighted by molar-refractivity contribution is 7.89. The third kappa shape index (κ3) is 2.19. The van der Waals surface area contributed by atoms with Gasteiger partial charge in [0.15, 0.2) is 0 Å². The van der Waals surface area contributed by atoms with Crippen LogP contribution in [-0.4, -0.2) is 36.3 Å². The van der Waals surface area contributed by atoms with Crippen molar-refractivity contribution in [1.82, 2.24) is 4.31 Å².